The van der Waals surface area contributed by atoms with E-state index in [9.17, 15) is 19.8 Å². The average molecular weight is 478 g/mol. The van der Waals surface area contributed by atoms with Gasteiger partial charge in [-0.2, -0.15) is 0 Å². The first-order valence-electron chi connectivity index (χ1n) is 11.2. The van der Waals surface area contributed by atoms with Gasteiger partial charge in [0.25, 0.3) is 0 Å². The van der Waals surface area contributed by atoms with Crippen molar-refractivity contribution < 1.29 is 33.7 Å². The molecule has 1 aliphatic heterocycles. The van der Waals surface area contributed by atoms with Crippen LogP contribution in [0.2, 0.25) is 18.1 Å². The Kier molecular flexibility index (Phi) is 7.09. The molecule has 1 aromatic rings. The predicted octanol–water partition coefficient (Wildman–Crippen LogP) is 2.99. The molecular formula is C24H35NO7Si. The average Bonchev–Trinajstić information content (AvgIpc) is 3.09. The van der Waals surface area contributed by atoms with Crippen molar-refractivity contribution in [2.75, 3.05) is 7.11 Å². The van der Waals surface area contributed by atoms with Crippen LogP contribution in [-0.4, -0.2) is 72.5 Å². The van der Waals surface area contributed by atoms with Crippen LogP contribution < -0.4 is 0 Å². The molecular weight excluding hydrogens is 442 g/mol. The minimum Gasteiger partial charge on any atom is -0.467 e. The number of benzene rings is 1. The molecule has 0 aromatic heterocycles. The van der Waals surface area contributed by atoms with E-state index in [0.29, 0.717) is 0 Å². The van der Waals surface area contributed by atoms with Gasteiger partial charge in [0.1, 0.15) is 24.4 Å². The zero-order chi connectivity index (χ0) is 24.6. The number of carbonyl (C=O) groups excluding carboxylic acids is 2. The number of hydrogen-bond acceptors (Lipinski definition) is 7. The summed E-state index contributed by atoms with van der Waals surface area (Å²) in [5, 5.41) is 22.1. The minimum atomic E-state index is -2.34. The van der Waals surface area contributed by atoms with Crippen LogP contribution in [0.25, 0.3) is 0 Å². The van der Waals surface area contributed by atoms with Crippen molar-refractivity contribution in [1.82, 2.24) is 4.90 Å². The number of aliphatic hydroxyl groups excluding tert-OH is 1. The van der Waals surface area contributed by atoms with Gasteiger partial charge < -0.3 is 24.1 Å². The third-order valence-corrected chi connectivity index (χ3v) is 11.6. The van der Waals surface area contributed by atoms with Crippen LogP contribution in [0.4, 0.5) is 4.79 Å². The summed E-state index contributed by atoms with van der Waals surface area (Å²) in [6.45, 7) is 10.4. The second-order valence-electron chi connectivity index (χ2n) is 10.3. The smallest absolute Gasteiger partial charge is 0.411 e. The standard InChI is InChI=1S/C24H35NO7Si/c1-23(2,3)33(5,6)32-18-12-13-19(26)24(29)14-17(21(27)30-4)25(20(18)24)22(28)31-15-16-10-8-7-9-11-16/h7-13,17-20,26,29H,14-15H2,1-6H3/t17-,18-,19+,20+,24+/m0/s1. The molecule has 33 heavy (non-hydrogen) atoms. The maximum atomic E-state index is 13.3. The number of hydrogen-bond donors (Lipinski definition) is 2. The third-order valence-electron chi connectivity index (χ3n) is 7.10. The van der Waals surface area contributed by atoms with Crippen LogP contribution in [0.1, 0.15) is 32.8 Å². The molecule has 3 rings (SSSR count). The largest absolute Gasteiger partial charge is 0.467 e. The molecule has 1 heterocycles. The summed E-state index contributed by atoms with van der Waals surface area (Å²) in [6.07, 6.45) is 0.178. The molecule has 9 heteroatoms. The minimum absolute atomic E-state index is 0.00135. The number of likely N-dealkylation sites (tertiary alicyclic amines) is 1. The van der Waals surface area contributed by atoms with E-state index in [1.165, 1.54) is 18.1 Å². The van der Waals surface area contributed by atoms with E-state index in [2.05, 4.69) is 33.9 Å². The Labute approximate surface area is 196 Å². The number of methoxy groups -OCH3 is 1. The van der Waals surface area contributed by atoms with Gasteiger partial charge in [-0.25, -0.2) is 9.59 Å². The summed E-state index contributed by atoms with van der Waals surface area (Å²) in [6, 6.07) is 7.04. The highest BCUT2D eigenvalue weighted by atomic mass is 28.4. The summed E-state index contributed by atoms with van der Waals surface area (Å²) in [5.41, 5.74) is -1.00. The van der Waals surface area contributed by atoms with Crippen molar-refractivity contribution in [3.8, 4) is 0 Å². The first-order chi connectivity index (χ1) is 15.3. The highest BCUT2D eigenvalue weighted by molar-refractivity contribution is 6.74. The maximum Gasteiger partial charge on any atom is 0.411 e. The Balaban J connectivity index is 1.96. The van der Waals surface area contributed by atoms with Gasteiger partial charge in [-0.1, -0.05) is 63.3 Å². The van der Waals surface area contributed by atoms with Gasteiger partial charge >= 0.3 is 12.1 Å². The van der Waals surface area contributed by atoms with Crippen LogP contribution in [0, 0.1) is 0 Å². The van der Waals surface area contributed by atoms with Gasteiger partial charge in [-0.05, 0) is 23.7 Å². The molecule has 8 nitrogen and oxygen atoms in total. The number of nitrogens with zero attached hydrogens (tertiary/aromatic N) is 1. The topological polar surface area (TPSA) is 106 Å². The fourth-order valence-corrected chi connectivity index (χ4v) is 5.42. The lowest BCUT2D eigenvalue weighted by molar-refractivity contribution is -0.146. The Hall–Kier alpha value is -2.20. The summed E-state index contributed by atoms with van der Waals surface area (Å²) >= 11 is 0. The Morgan fingerprint density at radius 1 is 1.18 bits per heavy atom. The summed E-state index contributed by atoms with van der Waals surface area (Å²) in [5.74, 6) is -0.687. The van der Waals surface area contributed by atoms with Crippen molar-refractivity contribution in [2.24, 2.45) is 0 Å². The van der Waals surface area contributed by atoms with E-state index >= 15 is 0 Å². The fourth-order valence-electron chi connectivity index (χ4n) is 4.18. The highest BCUT2D eigenvalue weighted by Crippen LogP contribution is 2.45. The molecule has 0 radical (unpaired) electrons. The number of ether oxygens (including phenoxy) is 2. The van der Waals surface area contributed by atoms with Crippen LogP contribution in [0.3, 0.4) is 0 Å². The van der Waals surface area contributed by atoms with Gasteiger partial charge in [0.15, 0.2) is 8.32 Å². The van der Waals surface area contributed by atoms with Crippen molar-refractivity contribution in [2.45, 2.75) is 81.8 Å². The molecule has 1 saturated heterocycles. The Morgan fingerprint density at radius 3 is 2.39 bits per heavy atom. The zero-order valence-corrected chi connectivity index (χ0v) is 21.1. The van der Waals surface area contributed by atoms with Gasteiger partial charge in [0, 0.05) is 6.42 Å². The van der Waals surface area contributed by atoms with E-state index in [-0.39, 0.29) is 18.1 Å². The first-order valence-corrected chi connectivity index (χ1v) is 14.1. The summed E-state index contributed by atoms with van der Waals surface area (Å²) in [7, 11) is -1.12. The lowest BCUT2D eigenvalue weighted by atomic mass is 9.80. The van der Waals surface area contributed by atoms with Crippen LogP contribution in [0.5, 0.6) is 0 Å². The number of carbonyl (C=O) groups is 2. The fraction of sp³-hybridized carbons (Fsp3) is 0.583. The molecule has 0 unspecified atom stereocenters. The van der Waals surface area contributed by atoms with E-state index in [1.54, 1.807) is 6.08 Å². The van der Waals surface area contributed by atoms with E-state index in [1.807, 2.05) is 30.3 Å². The van der Waals surface area contributed by atoms with Gasteiger partial charge in [0.2, 0.25) is 0 Å². The molecule has 0 bridgehead atoms. The number of aliphatic hydroxyl groups is 2. The zero-order valence-electron chi connectivity index (χ0n) is 20.1. The molecule has 1 amide bonds. The van der Waals surface area contributed by atoms with Crippen LogP contribution in [-0.2, 0) is 25.3 Å². The molecule has 1 aromatic carbocycles. The number of amides is 1. The van der Waals surface area contributed by atoms with E-state index < -0.39 is 50.3 Å². The summed E-state index contributed by atoms with van der Waals surface area (Å²) in [4.78, 5) is 27.1. The van der Waals surface area contributed by atoms with E-state index in [4.69, 9.17) is 13.9 Å². The third kappa shape index (κ3) is 4.86. The quantitative estimate of drug-likeness (QED) is 0.382. The van der Waals surface area contributed by atoms with Gasteiger partial charge in [-0.3, -0.25) is 4.90 Å². The lowest BCUT2D eigenvalue weighted by Gasteiger charge is -2.47. The Bertz CT molecular complexity index is 898. The molecule has 0 saturated carbocycles. The normalized spacial score (nSPS) is 29.5. The van der Waals surface area contributed by atoms with Gasteiger partial charge in [-0.15, -0.1) is 0 Å². The van der Waals surface area contributed by atoms with Crippen molar-refractivity contribution >= 4 is 20.4 Å². The highest BCUT2D eigenvalue weighted by Gasteiger charge is 2.63. The molecule has 1 aliphatic carbocycles. The van der Waals surface area contributed by atoms with E-state index in [0.717, 1.165) is 5.56 Å². The van der Waals surface area contributed by atoms with Crippen LogP contribution >= 0.6 is 0 Å². The summed E-state index contributed by atoms with van der Waals surface area (Å²) < 4.78 is 17.0. The molecule has 182 valence electrons. The molecule has 5 atom stereocenters. The van der Waals surface area contributed by atoms with Crippen molar-refractivity contribution in [3.05, 3.63) is 48.0 Å². The second kappa shape index (κ2) is 9.21. The monoisotopic (exact) mass is 477 g/mol. The van der Waals surface area contributed by atoms with Gasteiger partial charge in [0.05, 0.1) is 19.3 Å². The molecule has 2 N–H and O–H groups in total. The second-order valence-corrected chi connectivity index (χ2v) is 15.1. The van der Waals surface area contributed by atoms with Crippen molar-refractivity contribution in [1.29, 1.82) is 0 Å². The lowest BCUT2D eigenvalue weighted by Crippen LogP contribution is -2.63. The SMILES string of the molecule is COC(=O)[C@@H]1C[C@@]2(O)[C@H](O)C=C[C@H](O[Si](C)(C)C(C)(C)C)[C@H]2N1C(=O)OCc1ccccc1. The van der Waals surface area contributed by atoms with Crippen LogP contribution in [0.15, 0.2) is 42.5 Å². The first kappa shape index (κ1) is 25.4. The molecule has 1 fully saturated rings. The number of rotatable bonds is 5. The predicted molar refractivity (Wildman–Crippen MR) is 125 cm³/mol. The Morgan fingerprint density at radius 2 is 1.82 bits per heavy atom. The molecule has 2 aliphatic rings. The van der Waals surface area contributed by atoms with Crippen molar-refractivity contribution in [3.63, 3.8) is 0 Å². The maximum absolute atomic E-state index is 13.3. The molecule has 0 spiro atoms. The number of esters is 1. The number of fused-ring (bicyclic) bond motifs is 1.